The zero-order valence-electron chi connectivity index (χ0n) is 18.1. The van der Waals surface area contributed by atoms with E-state index >= 15 is 0 Å². The first kappa shape index (κ1) is 21.8. The maximum atomic E-state index is 12.9. The summed E-state index contributed by atoms with van der Waals surface area (Å²) in [5.74, 6) is 1.47. The summed E-state index contributed by atoms with van der Waals surface area (Å²) < 4.78 is 28.7. The van der Waals surface area contributed by atoms with E-state index in [4.69, 9.17) is 0 Å². The molecule has 0 saturated heterocycles. The minimum absolute atomic E-state index is 0.0298. The number of hydrogen-bond donors (Lipinski definition) is 3. The number of anilines is 1. The maximum absolute atomic E-state index is 12.9. The van der Waals surface area contributed by atoms with Crippen molar-refractivity contribution in [1.29, 1.82) is 0 Å². The molecule has 31 heavy (non-hydrogen) atoms. The quantitative estimate of drug-likeness (QED) is 0.634. The predicted molar refractivity (Wildman–Crippen MR) is 120 cm³/mol. The number of urea groups is 1. The van der Waals surface area contributed by atoms with Crippen LogP contribution in [0.5, 0.6) is 0 Å². The Balaban J connectivity index is 1.33. The Morgan fingerprint density at radius 2 is 1.90 bits per heavy atom. The van der Waals surface area contributed by atoms with E-state index < -0.39 is 10.0 Å². The van der Waals surface area contributed by atoms with E-state index in [1.807, 2.05) is 6.07 Å². The number of carbonyl (C=O) groups excluding carboxylic acids is 1. The van der Waals surface area contributed by atoms with E-state index in [0.717, 1.165) is 12.0 Å². The third-order valence-corrected chi connectivity index (χ3v) is 8.76. The number of nitrogens with zero attached hydrogens (tertiary/aromatic N) is 1. The van der Waals surface area contributed by atoms with Gasteiger partial charge in [-0.3, -0.25) is 4.98 Å². The van der Waals surface area contributed by atoms with Gasteiger partial charge in [-0.15, -0.1) is 0 Å². The van der Waals surface area contributed by atoms with Gasteiger partial charge in [0.2, 0.25) is 10.0 Å². The molecule has 4 atom stereocenters. The average Bonchev–Trinajstić information content (AvgIpc) is 2.74. The Morgan fingerprint density at radius 1 is 1.16 bits per heavy atom. The topological polar surface area (TPSA) is 100 Å². The van der Waals surface area contributed by atoms with E-state index in [0.29, 0.717) is 35.4 Å². The summed E-state index contributed by atoms with van der Waals surface area (Å²) in [6.45, 7) is 7.11. The molecule has 3 saturated carbocycles. The van der Waals surface area contributed by atoms with E-state index in [-0.39, 0.29) is 17.0 Å². The molecule has 3 aliphatic rings. The van der Waals surface area contributed by atoms with Crippen LogP contribution in [0.2, 0.25) is 0 Å². The van der Waals surface area contributed by atoms with Gasteiger partial charge in [-0.25, -0.2) is 17.9 Å². The number of benzene rings is 1. The molecule has 0 radical (unpaired) electrons. The lowest BCUT2D eigenvalue weighted by atomic mass is 9.45. The van der Waals surface area contributed by atoms with Crippen LogP contribution in [0.3, 0.4) is 0 Å². The molecule has 1 aromatic carbocycles. The number of hydrogen-bond acceptors (Lipinski definition) is 4. The molecule has 3 fully saturated rings. The molecule has 7 nitrogen and oxygen atoms in total. The Bertz CT molecular complexity index is 1040. The van der Waals surface area contributed by atoms with Gasteiger partial charge in [0, 0.05) is 30.7 Å². The molecule has 0 unspecified atom stereocenters. The van der Waals surface area contributed by atoms with Crippen molar-refractivity contribution in [2.75, 3.05) is 5.32 Å². The molecule has 0 spiro atoms. The highest BCUT2D eigenvalue weighted by Gasteiger charge is 2.56. The second-order valence-corrected chi connectivity index (χ2v) is 11.1. The normalized spacial score (nSPS) is 26.5. The van der Waals surface area contributed by atoms with Crippen molar-refractivity contribution >= 4 is 21.7 Å². The van der Waals surface area contributed by atoms with Crippen LogP contribution in [0.25, 0.3) is 0 Å². The Morgan fingerprint density at radius 3 is 2.52 bits per heavy atom. The summed E-state index contributed by atoms with van der Waals surface area (Å²) >= 11 is 0. The first-order valence-electron chi connectivity index (χ1n) is 10.7. The van der Waals surface area contributed by atoms with Crippen LogP contribution < -0.4 is 15.4 Å². The van der Waals surface area contributed by atoms with Crippen LogP contribution in [0.15, 0.2) is 53.7 Å². The number of carbonyl (C=O) groups is 1. The first-order chi connectivity index (χ1) is 14.7. The van der Waals surface area contributed by atoms with Gasteiger partial charge in [0.25, 0.3) is 0 Å². The van der Waals surface area contributed by atoms with E-state index in [2.05, 4.69) is 41.1 Å². The van der Waals surface area contributed by atoms with Gasteiger partial charge in [0.1, 0.15) is 0 Å². The number of pyridine rings is 1. The molecule has 3 aliphatic carbocycles. The molecule has 5 rings (SSSR count). The largest absolute Gasteiger partial charge is 0.334 e. The fourth-order valence-corrected chi connectivity index (χ4v) is 6.49. The molecule has 3 N–H and O–H groups in total. The Hall–Kier alpha value is -2.45. The van der Waals surface area contributed by atoms with Crippen molar-refractivity contribution in [3.63, 3.8) is 0 Å². The SMILES string of the molecule is C[C@@H]1[C@H]2C[C@@H](C[C@H]1NS(=O)(=O)c1ccc(NC(=O)NCc3cccnc3)cc1)C2(C)C. The Labute approximate surface area is 184 Å². The average molecular weight is 443 g/mol. The van der Waals surface area contributed by atoms with Crippen molar-refractivity contribution in [1.82, 2.24) is 15.0 Å². The summed E-state index contributed by atoms with van der Waals surface area (Å²) in [5, 5.41) is 5.46. The van der Waals surface area contributed by atoms with Gasteiger partial charge in [0.15, 0.2) is 0 Å². The molecule has 2 bridgehead atoms. The molecule has 2 aromatic rings. The summed E-state index contributed by atoms with van der Waals surface area (Å²) in [5.41, 5.74) is 1.73. The molecule has 0 aliphatic heterocycles. The molecular weight excluding hydrogens is 412 g/mol. The van der Waals surface area contributed by atoms with Gasteiger partial charge >= 0.3 is 6.03 Å². The lowest BCUT2D eigenvalue weighted by Crippen LogP contribution is -2.60. The second-order valence-electron chi connectivity index (χ2n) is 9.38. The zero-order valence-corrected chi connectivity index (χ0v) is 18.9. The summed E-state index contributed by atoms with van der Waals surface area (Å²) in [6, 6.07) is 9.53. The number of rotatable bonds is 6. The molecule has 2 amide bonds. The van der Waals surface area contributed by atoms with Crippen molar-refractivity contribution in [2.45, 2.75) is 51.1 Å². The molecule has 8 heteroatoms. The standard InChI is InChI=1S/C23H30N4O3S/c1-15-20-11-17(23(20,2)3)12-21(15)27-31(29,30)19-8-6-18(7-9-19)26-22(28)25-14-16-5-4-10-24-13-16/h4-10,13,15,17,20-21,27H,11-12,14H2,1-3H3,(H2,25,26,28)/t15-,17+,20-,21-/m1/s1. The van der Waals surface area contributed by atoms with Crippen LogP contribution in [-0.2, 0) is 16.6 Å². The van der Waals surface area contributed by atoms with Crippen molar-refractivity contribution in [3.8, 4) is 0 Å². The van der Waals surface area contributed by atoms with Gasteiger partial charge in [-0.1, -0.05) is 26.8 Å². The minimum atomic E-state index is -3.61. The lowest BCUT2D eigenvalue weighted by molar-refractivity contribution is -0.111. The van der Waals surface area contributed by atoms with Gasteiger partial charge < -0.3 is 10.6 Å². The number of fused-ring (bicyclic) bond motifs is 2. The molecule has 1 heterocycles. The van der Waals surface area contributed by atoms with E-state index in [9.17, 15) is 13.2 Å². The fraction of sp³-hybridized carbons (Fsp3) is 0.478. The molecule has 166 valence electrons. The van der Waals surface area contributed by atoms with Crippen LogP contribution >= 0.6 is 0 Å². The third-order valence-electron chi connectivity index (χ3n) is 7.26. The first-order valence-corrected chi connectivity index (χ1v) is 12.2. The number of sulfonamides is 1. The molecule has 1 aromatic heterocycles. The van der Waals surface area contributed by atoms with E-state index in [1.54, 1.807) is 30.6 Å². The number of aromatic nitrogens is 1. The second kappa shape index (κ2) is 8.24. The molecular formula is C23H30N4O3S. The lowest BCUT2D eigenvalue weighted by Gasteiger charge is -2.62. The van der Waals surface area contributed by atoms with Crippen molar-refractivity contribution in [2.24, 2.45) is 23.2 Å². The predicted octanol–water partition coefficient (Wildman–Crippen LogP) is 3.75. The van der Waals surface area contributed by atoms with Crippen molar-refractivity contribution < 1.29 is 13.2 Å². The van der Waals surface area contributed by atoms with Gasteiger partial charge in [-0.05, 0) is 71.9 Å². The zero-order chi connectivity index (χ0) is 22.2. The fourth-order valence-electron chi connectivity index (χ4n) is 5.15. The van der Waals surface area contributed by atoms with Gasteiger partial charge in [0.05, 0.1) is 4.90 Å². The highest BCUT2D eigenvalue weighted by atomic mass is 32.2. The van der Waals surface area contributed by atoms with Crippen LogP contribution in [0.1, 0.15) is 39.2 Å². The van der Waals surface area contributed by atoms with Gasteiger partial charge in [-0.2, -0.15) is 0 Å². The number of amides is 2. The van der Waals surface area contributed by atoms with Crippen LogP contribution in [0, 0.1) is 23.2 Å². The Kier molecular flexibility index (Phi) is 5.79. The van der Waals surface area contributed by atoms with Crippen molar-refractivity contribution in [3.05, 3.63) is 54.4 Å². The summed E-state index contributed by atoms with van der Waals surface area (Å²) in [6.07, 6.45) is 5.45. The van der Waals surface area contributed by atoms with Crippen LogP contribution in [-0.4, -0.2) is 25.5 Å². The summed E-state index contributed by atoms with van der Waals surface area (Å²) in [4.78, 5) is 16.3. The number of nitrogens with one attached hydrogen (secondary N) is 3. The monoisotopic (exact) mass is 442 g/mol. The summed E-state index contributed by atoms with van der Waals surface area (Å²) in [7, 11) is -3.61. The highest BCUT2D eigenvalue weighted by molar-refractivity contribution is 7.89. The maximum Gasteiger partial charge on any atom is 0.319 e. The smallest absolute Gasteiger partial charge is 0.319 e. The minimum Gasteiger partial charge on any atom is -0.334 e. The van der Waals surface area contributed by atoms with Crippen LogP contribution in [0.4, 0.5) is 10.5 Å². The third kappa shape index (κ3) is 4.45. The highest BCUT2D eigenvalue weighted by Crippen LogP contribution is 2.61. The van der Waals surface area contributed by atoms with E-state index in [1.165, 1.54) is 18.6 Å².